The van der Waals surface area contributed by atoms with Crippen molar-refractivity contribution in [2.75, 3.05) is 5.32 Å². The monoisotopic (exact) mass is 446 g/mol. The Bertz CT molecular complexity index is 1610. The summed E-state index contributed by atoms with van der Waals surface area (Å²) in [6.07, 6.45) is 10.9. The van der Waals surface area contributed by atoms with E-state index in [4.69, 9.17) is 4.98 Å². The quantitative estimate of drug-likeness (QED) is 0.325. The van der Waals surface area contributed by atoms with Crippen molar-refractivity contribution in [3.8, 4) is 33.8 Å². The Morgan fingerprint density at radius 2 is 1.71 bits per heavy atom. The van der Waals surface area contributed by atoms with Crippen LogP contribution in [0.25, 0.3) is 55.7 Å². The molecular weight excluding hydrogens is 424 g/mol. The largest absolute Gasteiger partial charge is 0.382 e. The number of aromatic amines is 2. The van der Waals surface area contributed by atoms with Crippen LogP contribution in [-0.2, 0) is 0 Å². The minimum Gasteiger partial charge on any atom is -0.382 e. The van der Waals surface area contributed by atoms with Crippen LogP contribution >= 0.6 is 0 Å². The molecule has 34 heavy (non-hydrogen) atoms. The number of fused-ring (bicyclic) bond motifs is 2. The van der Waals surface area contributed by atoms with Crippen molar-refractivity contribution >= 4 is 27.6 Å². The second-order valence-corrected chi connectivity index (χ2v) is 8.50. The fourth-order valence-electron chi connectivity index (χ4n) is 4.16. The highest BCUT2D eigenvalue weighted by atomic mass is 15.1. The molecule has 0 spiro atoms. The third-order valence-electron chi connectivity index (χ3n) is 5.68. The van der Waals surface area contributed by atoms with Crippen LogP contribution in [0.3, 0.4) is 0 Å². The van der Waals surface area contributed by atoms with Gasteiger partial charge in [0.25, 0.3) is 0 Å². The Kier molecular flexibility index (Phi) is 4.76. The van der Waals surface area contributed by atoms with Gasteiger partial charge in [-0.2, -0.15) is 5.10 Å². The van der Waals surface area contributed by atoms with Crippen LogP contribution in [0.2, 0.25) is 0 Å². The van der Waals surface area contributed by atoms with E-state index in [1.807, 2.05) is 43.0 Å². The minimum atomic E-state index is 0.333. The molecule has 0 aliphatic carbocycles. The summed E-state index contributed by atoms with van der Waals surface area (Å²) in [5.74, 6) is 0.685. The minimum absolute atomic E-state index is 0.333. The van der Waals surface area contributed by atoms with Gasteiger partial charge in [0.1, 0.15) is 11.2 Å². The van der Waals surface area contributed by atoms with E-state index in [1.54, 1.807) is 12.4 Å². The lowest BCUT2D eigenvalue weighted by molar-refractivity contribution is 0.898. The number of H-pyrrole nitrogens is 2. The van der Waals surface area contributed by atoms with Crippen LogP contribution in [0.15, 0.2) is 73.6 Å². The molecule has 6 aromatic rings. The highest BCUT2D eigenvalue weighted by Crippen LogP contribution is 2.32. The van der Waals surface area contributed by atoms with Gasteiger partial charge in [-0.05, 0) is 43.7 Å². The molecular formula is C26H22N8. The van der Waals surface area contributed by atoms with Crippen LogP contribution in [0.1, 0.15) is 13.8 Å². The first-order valence-corrected chi connectivity index (χ1v) is 11.1. The Morgan fingerprint density at radius 3 is 2.56 bits per heavy atom. The van der Waals surface area contributed by atoms with Gasteiger partial charge in [-0.3, -0.25) is 20.1 Å². The van der Waals surface area contributed by atoms with Crippen molar-refractivity contribution in [1.29, 1.82) is 0 Å². The molecule has 5 heterocycles. The van der Waals surface area contributed by atoms with E-state index in [0.717, 1.165) is 55.6 Å². The molecule has 0 unspecified atom stereocenters. The molecule has 166 valence electrons. The maximum Gasteiger partial charge on any atom is 0.159 e. The highest BCUT2D eigenvalue weighted by Gasteiger charge is 2.16. The average Bonchev–Trinajstić information content (AvgIpc) is 3.48. The van der Waals surface area contributed by atoms with Gasteiger partial charge < -0.3 is 10.3 Å². The Morgan fingerprint density at radius 1 is 0.824 bits per heavy atom. The lowest BCUT2D eigenvalue weighted by Gasteiger charge is -2.11. The lowest BCUT2D eigenvalue weighted by Crippen LogP contribution is -2.09. The first-order chi connectivity index (χ1) is 16.7. The summed E-state index contributed by atoms with van der Waals surface area (Å²) in [5, 5.41) is 12.1. The molecule has 0 saturated heterocycles. The molecule has 0 radical (unpaired) electrons. The maximum absolute atomic E-state index is 4.90. The van der Waals surface area contributed by atoms with Gasteiger partial charge in [0.2, 0.25) is 0 Å². The van der Waals surface area contributed by atoms with Gasteiger partial charge in [-0.1, -0.05) is 12.1 Å². The van der Waals surface area contributed by atoms with Gasteiger partial charge >= 0.3 is 0 Å². The summed E-state index contributed by atoms with van der Waals surface area (Å²) in [7, 11) is 0. The topological polar surface area (TPSA) is 108 Å². The number of anilines is 1. The summed E-state index contributed by atoms with van der Waals surface area (Å²) in [5.41, 5.74) is 8.36. The van der Waals surface area contributed by atoms with Crippen LogP contribution in [-0.4, -0.2) is 41.2 Å². The van der Waals surface area contributed by atoms with Crippen LogP contribution in [0, 0.1) is 0 Å². The second kappa shape index (κ2) is 8.08. The predicted octanol–water partition coefficient (Wildman–Crippen LogP) is 5.45. The summed E-state index contributed by atoms with van der Waals surface area (Å²) in [6, 6.07) is 12.6. The maximum atomic E-state index is 4.90. The molecule has 8 heteroatoms. The second-order valence-electron chi connectivity index (χ2n) is 8.50. The van der Waals surface area contributed by atoms with E-state index >= 15 is 0 Å². The fraction of sp³-hybridized carbons (Fsp3) is 0.115. The number of nitrogens with zero attached hydrogens (tertiary/aromatic N) is 5. The number of benzene rings is 1. The highest BCUT2D eigenvalue weighted by molar-refractivity contribution is 5.98. The van der Waals surface area contributed by atoms with E-state index in [1.165, 1.54) is 0 Å². The molecule has 0 saturated carbocycles. The molecule has 0 bridgehead atoms. The third-order valence-corrected chi connectivity index (χ3v) is 5.68. The van der Waals surface area contributed by atoms with E-state index in [9.17, 15) is 0 Å². The number of rotatable bonds is 5. The number of pyridine rings is 3. The normalized spacial score (nSPS) is 11.5. The van der Waals surface area contributed by atoms with Gasteiger partial charge in [0, 0.05) is 59.1 Å². The summed E-state index contributed by atoms with van der Waals surface area (Å²) >= 11 is 0. The van der Waals surface area contributed by atoms with E-state index in [2.05, 4.69) is 67.5 Å². The Hall–Kier alpha value is -4.59. The number of aromatic nitrogens is 7. The van der Waals surface area contributed by atoms with Crippen molar-refractivity contribution in [1.82, 2.24) is 35.1 Å². The lowest BCUT2D eigenvalue weighted by atomic mass is 10.0. The van der Waals surface area contributed by atoms with Crippen LogP contribution < -0.4 is 5.32 Å². The van der Waals surface area contributed by atoms with E-state index in [0.29, 0.717) is 11.9 Å². The number of nitrogens with one attached hydrogen (secondary N) is 3. The summed E-state index contributed by atoms with van der Waals surface area (Å²) < 4.78 is 0. The SMILES string of the molecule is CC(C)Nc1cncc(-c2ccc3[nH]nc(-c4nc5c(-c6cccnc6)cncc5[nH]4)c3c2)c1. The van der Waals surface area contributed by atoms with Crippen LogP contribution in [0.5, 0.6) is 0 Å². The van der Waals surface area contributed by atoms with Gasteiger partial charge in [-0.15, -0.1) is 0 Å². The van der Waals surface area contributed by atoms with E-state index < -0.39 is 0 Å². The fourth-order valence-corrected chi connectivity index (χ4v) is 4.16. The molecule has 0 atom stereocenters. The number of imidazole rings is 1. The summed E-state index contributed by atoms with van der Waals surface area (Å²) in [6.45, 7) is 4.22. The zero-order chi connectivity index (χ0) is 23.1. The predicted molar refractivity (Wildman–Crippen MR) is 134 cm³/mol. The van der Waals surface area contributed by atoms with E-state index in [-0.39, 0.29) is 0 Å². The number of hydrogen-bond acceptors (Lipinski definition) is 6. The first-order valence-electron chi connectivity index (χ1n) is 11.1. The zero-order valence-corrected chi connectivity index (χ0v) is 18.7. The molecule has 0 amide bonds. The number of hydrogen-bond donors (Lipinski definition) is 3. The van der Waals surface area contributed by atoms with Crippen LogP contribution in [0.4, 0.5) is 5.69 Å². The first kappa shape index (κ1) is 20.0. The molecule has 3 N–H and O–H groups in total. The zero-order valence-electron chi connectivity index (χ0n) is 18.7. The molecule has 0 fully saturated rings. The Labute approximate surface area is 195 Å². The summed E-state index contributed by atoms with van der Waals surface area (Å²) in [4.78, 5) is 21.3. The molecule has 0 aliphatic rings. The van der Waals surface area contributed by atoms with Gasteiger partial charge in [-0.25, -0.2) is 4.98 Å². The smallest absolute Gasteiger partial charge is 0.159 e. The third kappa shape index (κ3) is 3.55. The van der Waals surface area contributed by atoms with Crippen molar-refractivity contribution in [2.24, 2.45) is 0 Å². The van der Waals surface area contributed by atoms with Crippen molar-refractivity contribution in [3.05, 3.63) is 73.6 Å². The molecule has 6 rings (SSSR count). The van der Waals surface area contributed by atoms with Gasteiger partial charge in [0.05, 0.1) is 22.9 Å². The molecule has 1 aromatic carbocycles. The standard InChI is InChI=1S/C26H22N8/c1-15(2)30-19-8-18(11-28-12-19)16-5-6-22-20(9-16)25(34-33-22)26-31-23-14-29-13-21(24(23)32-26)17-4-3-7-27-10-17/h3-15,30H,1-2H3,(H,31,32)(H,33,34). The van der Waals surface area contributed by atoms with Crippen molar-refractivity contribution < 1.29 is 0 Å². The van der Waals surface area contributed by atoms with Gasteiger partial charge in [0.15, 0.2) is 5.82 Å². The van der Waals surface area contributed by atoms with Crippen molar-refractivity contribution in [2.45, 2.75) is 19.9 Å². The molecule has 8 nitrogen and oxygen atoms in total. The Balaban J connectivity index is 1.45. The molecule has 5 aromatic heterocycles. The average molecular weight is 447 g/mol. The van der Waals surface area contributed by atoms with Crippen molar-refractivity contribution in [3.63, 3.8) is 0 Å². The molecule has 0 aliphatic heterocycles.